The van der Waals surface area contributed by atoms with Crippen molar-refractivity contribution < 1.29 is 13.9 Å². The summed E-state index contributed by atoms with van der Waals surface area (Å²) in [5.41, 5.74) is 0.151. The van der Waals surface area contributed by atoms with Crippen molar-refractivity contribution in [1.82, 2.24) is 15.0 Å². The van der Waals surface area contributed by atoms with Gasteiger partial charge in [0.05, 0.1) is 12.8 Å². The molecule has 0 aromatic carbocycles. The average molecular weight is 251 g/mol. The molecular formula is C10H9N3O3S. The SMILES string of the molecule is CCOC(=O)c1coc(Sc2cnccn2)n1. The van der Waals surface area contributed by atoms with Crippen LogP contribution in [0.1, 0.15) is 17.4 Å². The van der Waals surface area contributed by atoms with Crippen LogP contribution < -0.4 is 0 Å². The van der Waals surface area contributed by atoms with Crippen molar-refractivity contribution in [2.75, 3.05) is 6.61 Å². The van der Waals surface area contributed by atoms with E-state index in [2.05, 4.69) is 15.0 Å². The highest BCUT2D eigenvalue weighted by molar-refractivity contribution is 7.99. The Bertz CT molecular complexity index is 501. The van der Waals surface area contributed by atoms with Crippen LogP contribution in [0, 0.1) is 0 Å². The third-order valence-corrected chi connectivity index (χ3v) is 2.48. The molecule has 0 aliphatic carbocycles. The minimum absolute atomic E-state index is 0.151. The summed E-state index contributed by atoms with van der Waals surface area (Å²) in [6, 6.07) is 0. The van der Waals surface area contributed by atoms with Crippen molar-refractivity contribution in [3.63, 3.8) is 0 Å². The molecule has 2 aromatic heterocycles. The summed E-state index contributed by atoms with van der Waals surface area (Å²) in [6.45, 7) is 2.03. The highest BCUT2D eigenvalue weighted by Crippen LogP contribution is 2.24. The molecule has 2 rings (SSSR count). The van der Waals surface area contributed by atoms with Gasteiger partial charge in [0.25, 0.3) is 5.22 Å². The van der Waals surface area contributed by atoms with E-state index in [0.717, 1.165) is 0 Å². The van der Waals surface area contributed by atoms with Crippen molar-refractivity contribution in [3.8, 4) is 0 Å². The quantitative estimate of drug-likeness (QED) is 0.766. The van der Waals surface area contributed by atoms with Crippen molar-refractivity contribution in [2.24, 2.45) is 0 Å². The molecule has 0 saturated heterocycles. The fourth-order valence-corrected chi connectivity index (χ4v) is 1.68. The first-order chi connectivity index (χ1) is 8.29. The van der Waals surface area contributed by atoms with Crippen LogP contribution in [0.25, 0.3) is 0 Å². The number of hydrogen-bond donors (Lipinski definition) is 0. The number of carbonyl (C=O) groups excluding carboxylic acids is 1. The van der Waals surface area contributed by atoms with Gasteiger partial charge in [0.1, 0.15) is 11.3 Å². The maximum atomic E-state index is 11.3. The Kier molecular flexibility index (Phi) is 3.71. The largest absolute Gasteiger partial charge is 0.461 e. The lowest BCUT2D eigenvalue weighted by Gasteiger charge is -1.95. The molecule has 0 radical (unpaired) electrons. The minimum atomic E-state index is -0.498. The lowest BCUT2D eigenvalue weighted by molar-refractivity contribution is 0.0519. The van der Waals surface area contributed by atoms with Crippen LogP contribution in [0.15, 0.2) is 39.5 Å². The molecule has 0 unspecified atom stereocenters. The van der Waals surface area contributed by atoms with Gasteiger partial charge in [-0.3, -0.25) is 4.98 Å². The monoisotopic (exact) mass is 251 g/mol. The van der Waals surface area contributed by atoms with Crippen LogP contribution in [0.4, 0.5) is 0 Å². The second-order valence-electron chi connectivity index (χ2n) is 2.86. The number of ether oxygens (including phenoxy) is 1. The van der Waals surface area contributed by atoms with Gasteiger partial charge >= 0.3 is 5.97 Å². The van der Waals surface area contributed by atoms with Gasteiger partial charge in [0.2, 0.25) is 0 Å². The first-order valence-corrected chi connectivity index (χ1v) is 5.67. The first kappa shape index (κ1) is 11.6. The Morgan fingerprint density at radius 1 is 1.53 bits per heavy atom. The van der Waals surface area contributed by atoms with Crippen LogP contribution in [-0.2, 0) is 4.74 Å². The van der Waals surface area contributed by atoms with Gasteiger partial charge in [0.15, 0.2) is 5.69 Å². The van der Waals surface area contributed by atoms with Crippen molar-refractivity contribution >= 4 is 17.7 Å². The maximum Gasteiger partial charge on any atom is 0.360 e. The zero-order chi connectivity index (χ0) is 12.1. The fraction of sp³-hybridized carbons (Fsp3) is 0.200. The number of carbonyl (C=O) groups is 1. The molecule has 7 heteroatoms. The molecule has 0 atom stereocenters. The predicted molar refractivity (Wildman–Crippen MR) is 58.6 cm³/mol. The standard InChI is InChI=1S/C10H9N3O3S/c1-2-15-9(14)7-6-16-10(13-7)17-8-5-11-3-4-12-8/h3-6H,2H2,1H3. The van der Waals surface area contributed by atoms with E-state index in [1.165, 1.54) is 18.0 Å². The first-order valence-electron chi connectivity index (χ1n) is 4.86. The number of hydrogen-bond acceptors (Lipinski definition) is 7. The number of nitrogens with zero attached hydrogens (tertiary/aromatic N) is 3. The smallest absolute Gasteiger partial charge is 0.360 e. The topological polar surface area (TPSA) is 78.1 Å². The summed E-state index contributed by atoms with van der Waals surface area (Å²) in [6.07, 6.45) is 5.98. The lowest BCUT2D eigenvalue weighted by Crippen LogP contribution is -2.04. The summed E-state index contributed by atoms with van der Waals surface area (Å²) in [4.78, 5) is 23.3. The number of oxazole rings is 1. The Morgan fingerprint density at radius 3 is 3.12 bits per heavy atom. The van der Waals surface area contributed by atoms with E-state index >= 15 is 0 Å². The van der Waals surface area contributed by atoms with E-state index in [4.69, 9.17) is 9.15 Å². The zero-order valence-corrected chi connectivity index (χ0v) is 9.81. The van der Waals surface area contributed by atoms with Crippen molar-refractivity contribution in [1.29, 1.82) is 0 Å². The summed E-state index contributed by atoms with van der Waals surface area (Å²) in [5, 5.41) is 0.971. The number of esters is 1. The molecule has 0 aliphatic rings. The normalized spacial score (nSPS) is 10.2. The third kappa shape index (κ3) is 3.04. The Balaban J connectivity index is 2.06. The van der Waals surface area contributed by atoms with Crippen LogP contribution in [-0.4, -0.2) is 27.5 Å². The molecular weight excluding hydrogens is 242 g/mol. The van der Waals surface area contributed by atoms with E-state index in [-0.39, 0.29) is 5.69 Å². The summed E-state index contributed by atoms with van der Waals surface area (Å²) < 4.78 is 9.91. The van der Waals surface area contributed by atoms with Gasteiger partial charge in [-0.05, 0) is 18.7 Å². The van der Waals surface area contributed by atoms with E-state index in [9.17, 15) is 4.79 Å². The van der Waals surface area contributed by atoms with Gasteiger partial charge in [-0.1, -0.05) is 0 Å². The molecule has 0 spiro atoms. The molecule has 6 nitrogen and oxygen atoms in total. The van der Waals surface area contributed by atoms with Crippen molar-refractivity contribution in [3.05, 3.63) is 30.5 Å². The summed E-state index contributed by atoms with van der Waals surface area (Å²) in [5.74, 6) is -0.498. The molecule has 2 aromatic rings. The van der Waals surface area contributed by atoms with Crippen LogP contribution in [0.5, 0.6) is 0 Å². The van der Waals surface area contributed by atoms with Gasteiger partial charge in [-0.25, -0.2) is 9.78 Å². The summed E-state index contributed by atoms with van der Waals surface area (Å²) >= 11 is 1.18. The second kappa shape index (κ2) is 5.44. The average Bonchev–Trinajstić information content (AvgIpc) is 2.79. The molecule has 0 bridgehead atoms. The molecule has 0 aliphatic heterocycles. The lowest BCUT2D eigenvalue weighted by atomic mass is 10.5. The number of rotatable bonds is 4. The molecule has 0 saturated carbocycles. The zero-order valence-electron chi connectivity index (χ0n) is 8.99. The third-order valence-electron chi connectivity index (χ3n) is 1.70. The van der Waals surface area contributed by atoms with E-state index in [0.29, 0.717) is 16.9 Å². The van der Waals surface area contributed by atoms with Gasteiger partial charge in [-0.2, -0.15) is 4.98 Å². The minimum Gasteiger partial charge on any atom is -0.461 e. The van der Waals surface area contributed by atoms with Gasteiger partial charge in [0, 0.05) is 12.4 Å². The fourth-order valence-electron chi connectivity index (χ4n) is 1.03. The highest BCUT2D eigenvalue weighted by Gasteiger charge is 2.14. The summed E-state index contributed by atoms with van der Waals surface area (Å²) in [7, 11) is 0. The van der Waals surface area contributed by atoms with Crippen LogP contribution in [0.3, 0.4) is 0 Å². The predicted octanol–water partition coefficient (Wildman–Crippen LogP) is 1.79. The molecule has 17 heavy (non-hydrogen) atoms. The van der Waals surface area contributed by atoms with E-state index < -0.39 is 5.97 Å². The highest BCUT2D eigenvalue weighted by atomic mass is 32.2. The van der Waals surface area contributed by atoms with Crippen molar-refractivity contribution in [2.45, 2.75) is 17.2 Å². The van der Waals surface area contributed by atoms with Gasteiger partial charge < -0.3 is 9.15 Å². The van der Waals surface area contributed by atoms with E-state index in [1.807, 2.05) is 0 Å². The number of aromatic nitrogens is 3. The van der Waals surface area contributed by atoms with E-state index in [1.54, 1.807) is 25.5 Å². The molecule has 0 N–H and O–H groups in total. The molecule has 2 heterocycles. The molecule has 0 fully saturated rings. The Labute approximate surface area is 101 Å². The van der Waals surface area contributed by atoms with Crippen LogP contribution in [0.2, 0.25) is 0 Å². The molecule has 0 amide bonds. The molecule has 88 valence electrons. The van der Waals surface area contributed by atoms with Crippen LogP contribution >= 0.6 is 11.8 Å². The van der Waals surface area contributed by atoms with Gasteiger partial charge in [-0.15, -0.1) is 0 Å². The Hall–Kier alpha value is -1.89. The second-order valence-corrected chi connectivity index (χ2v) is 3.84. The Morgan fingerprint density at radius 2 is 2.41 bits per heavy atom. The maximum absolute atomic E-state index is 11.3.